The molecule has 1 heterocycles. The second-order valence-electron chi connectivity index (χ2n) is 1.91. The van der Waals surface area contributed by atoms with Crippen molar-refractivity contribution in [3.63, 3.8) is 0 Å². The molecule has 0 radical (unpaired) electrons. The highest BCUT2D eigenvalue weighted by Crippen LogP contribution is 2.11. The summed E-state index contributed by atoms with van der Waals surface area (Å²) in [5.74, 6) is -1.44. The molecular weight excluding hydrogens is 180 g/mol. The molecule has 0 saturated carbocycles. The Labute approximate surface area is 72.1 Å². The molecule has 5 nitrogen and oxygen atoms in total. The zero-order valence-electron chi connectivity index (χ0n) is 6.20. The first-order chi connectivity index (χ1) is 5.65. The lowest BCUT2D eigenvalue weighted by Gasteiger charge is -1.89. The van der Waals surface area contributed by atoms with Crippen molar-refractivity contribution in [2.45, 2.75) is 0 Å². The second kappa shape index (κ2) is 3.31. The maximum atomic E-state index is 10.9. The zero-order chi connectivity index (χ0) is 9.14. The van der Waals surface area contributed by atoms with Gasteiger partial charge in [0.2, 0.25) is 0 Å². The van der Waals surface area contributed by atoms with E-state index < -0.39 is 5.97 Å². The van der Waals surface area contributed by atoms with Gasteiger partial charge in [0.15, 0.2) is 5.01 Å². The van der Waals surface area contributed by atoms with Crippen molar-refractivity contribution in [1.29, 1.82) is 0 Å². The topological polar surface area (TPSA) is 79.3 Å². The summed E-state index contributed by atoms with van der Waals surface area (Å²) in [4.78, 5) is 25.0. The molecular formula is C6H6N2O3S. The average molecular weight is 186 g/mol. The molecule has 6 heteroatoms. The van der Waals surface area contributed by atoms with E-state index in [0.717, 1.165) is 17.5 Å². The summed E-state index contributed by atoms with van der Waals surface area (Å²) in [6, 6.07) is 0. The number of aromatic nitrogens is 1. The first-order valence-corrected chi connectivity index (χ1v) is 3.88. The van der Waals surface area contributed by atoms with E-state index >= 15 is 0 Å². The molecule has 2 N–H and O–H groups in total. The minimum Gasteiger partial charge on any atom is -0.477 e. The van der Waals surface area contributed by atoms with Crippen LogP contribution in [0, 0.1) is 0 Å². The summed E-state index contributed by atoms with van der Waals surface area (Å²) in [6.45, 7) is 0. The fraction of sp³-hybridized carbons (Fsp3) is 0.167. The van der Waals surface area contributed by atoms with Crippen LogP contribution >= 0.6 is 11.3 Å². The van der Waals surface area contributed by atoms with E-state index in [0.29, 0.717) is 0 Å². The Balaban J connectivity index is 2.91. The van der Waals surface area contributed by atoms with E-state index in [4.69, 9.17) is 5.11 Å². The Morgan fingerprint density at radius 1 is 1.67 bits per heavy atom. The number of hydrogen-bond donors (Lipinski definition) is 2. The van der Waals surface area contributed by atoms with Crippen LogP contribution in [0.5, 0.6) is 0 Å². The molecule has 0 atom stereocenters. The number of thiazole rings is 1. The van der Waals surface area contributed by atoms with Gasteiger partial charge in [0.25, 0.3) is 5.91 Å². The van der Waals surface area contributed by atoms with Crippen LogP contribution in [0.2, 0.25) is 0 Å². The number of nitrogens with one attached hydrogen (secondary N) is 1. The van der Waals surface area contributed by atoms with Gasteiger partial charge < -0.3 is 10.4 Å². The number of nitrogens with zero attached hydrogens (tertiary/aromatic N) is 1. The van der Waals surface area contributed by atoms with Crippen LogP contribution in [-0.4, -0.2) is 29.0 Å². The van der Waals surface area contributed by atoms with Gasteiger partial charge >= 0.3 is 5.97 Å². The van der Waals surface area contributed by atoms with E-state index in [9.17, 15) is 9.59 Å². The van der Waals surface area contributed by atoms with Crippen LogP contribution < -0.4 is 5.32 Å². The molecule has 1 aromatic rings. The third kappa shape index (κ3) is 1.59. The molecule has 1 amide bonds. The molecule has 1 aromatic heterocycles. The van der Waals surface area contributed by atoms with Gasteiger partial charge in [0.05, 0.1) is 6.20 Å². The van der Waals surface area contributed by atoms with Gasteiger partial charge in [-0.3, -0.25) is 4.79 Å². The van der Waals surface area contributed by atoms with E-state index in [2.05, 4.69) is 10.3 Å². The van der Waals surface area contributed by atoms with E-state index in [-0.39, 0.29) is 15.8 Å². The number of rotatable bonds is 2. The van der Waals surface area contributed by atoms with E-state index in [1.54, 1.807) is 0 Å². The Morgan fingerprint density at radius 2 is 2.33 bits per heavy atom. The van der Waals surface area contributed by atoms with Gasteiger partial charge in [0.1, 0.15) is 4.88 Å². The minimum absolute atomic E-state index is 0.0635. The van der Waals surface area contributed by atoms with Gasteiger partial charge in [0, 0.05) is 7.05 Å². The highest BCUT2D eigenvalue weighted by atomic mass is 32.1. The minimum atomic E-state index is -1.07. The monoisotopic (exact) mass is 186 g/mol. The Hall–Kier alpha value is -1.43. The SMILES string of the molecule is CNC(=O)c1ncc(C(=O)O)s1. The number of carboxylic acid groups (broad SMARTS) is 1. The van der Waals surface area contributed by atoms with Crippen molar-refractivity contribution in [3.05, 3.63) is 16.1 Å². The molecule has 0 saturated heterocycles. The smallest absolute Gasteiger partial charge is 0.347 e. The third-order valence-electron chi connectivity index (χ3n) is 1.14. The molecule has 0 aliphatic heterocycles. The Bertz CT molecular complexity index is 320. The zero-order valence-corrected chi connectivity index (χ0v) is 7.01. The molecule has 0 fully saturated rings. The lowest BCUT2D eigenvalue weighted by atomic mass is 10.6. The van der Waals surface area contributed by atoms with Crippen LogP contribution in [0.15, 0.2) is 6.20 Å². The van der Waals surface area contributed by atoms with Crippen molar-refractivity contribution in [1.82, 2.24) is 10.3 Å². The predicted molar refractivity (Wildman–Crippen MR) is 42.5 cm³/mol. The normalized spacial score (nSPS) is 9.42. The van der Waals surface area contributed by atoms with Gasteiger partial charge in [-0.1, -0.05) is 0 Å². The van der Waals surface area contributed by atoms with Crippen LogP contribution in [0.1, 0.15) is 19.5 Å². The summed E-state index contributed by atoms with van der Waals surface area (Å²) in [7, 11) is 1.46. The van der Waals surface area contributed by atoms with Crippen LogP contribution in [0.3, 0.4) is 0 Å². The molecule has 0 aromatic carbocycles. The number of amides is 1. The summed E-state index contributed by atoms with van der Waals surface area (Å²) in [6.07, 6.45) is 1.16. The highest BCUT2D eigenvalue weighted by Gasteiger charge is 2.12. The largest absolute Gasteiger partial charge is 0.477 e. The Kier molecular flexibility index (Phi) is 2.39. The summed E-state index contributed by atoms with van der Waals surface area (Å²) >= 11 is 0.851. The lowest BCUT2D eigenvalue weighted by Crippen LogP contribution is -2.17. The van der Waals surface area contributed by atoms with Gasteiger partial charge in [-0.2, -0.15) is 0 Å². The third-order valence-corrected chi connectivity index (χ3v) is 2.12. The van der Waals surface area contributed by atoms with Gasteiger partial charge in [-0.05, 0) is 0 Å². The van der Waals surface area contributed by atoms with Crippen LogP contribution in [0.4, 0.5) is 0 Å². The fourth-order valence-corrected chi connectivity index (χ4v) is 1.29. The van der Waals surface area contributed by atoms with Crippen LogP contribution in [-0.2, 0) is 0 Å². The molecule has 0 aliphatic carbocycles. The molecule has 64 valence electrons. The maximum Gasteiger partial charge on any atom is 0.347 e. The average Bonchev–Trinajstić information content (AvgIpc) is 2.51. The highest BCUT2D eigenvalue weighted by molar-refractivity contribution is 7.15. The number of carbonyl (C=O) groups is 2. The standard InChI is InChI=1S/C6H6N2O3S/c1-7-4(9)5-8-2-3(12-5)6(10)11/h2H,1H3,(H,7,9)(H,10,11). The first-order valence-electron chi connectivity index (χ1n) is 3.06. The summed E-state index contributed by atoms with van der Waals surface area (Å²) < 4.78 is 0. The first kappa shape index (κ1) is 8.66. The molecule has 1 rings (SSSR count). The maximum absolute atomic E-state index is 10.9. The van der Waals surface area contributed by atoms with E-state index in [1.807, 2.05) is 0 Å². The molecule has 0 aliphatic rings. The van der Waals surface area contributed by atoms with Gasteiger partial charge in [-0.15, -0.1) is 11.3 Å². The molecule has 12 heavy (non-hydrogen) atoms. The Morgan fingerprint density at radius 3 is 2.75 bits per heavy atom. The van der Waals surface area contributed by atoms with Gasteiger partial charge in [-0.25, -0.2) is 9.78 Å². The molecule has 0 bridgehead atoms. The number of carboxylic acids is 1. The van der Waals surface area contributed by atoms with Crippen molar-refractivity contribution in [3.8, 4) is 0 Å². The molecule has 0 spiro atoms. The number of carbonyl (C=O) groups excluding carboxylic acids is 1. The van der Waals surface area contributed by atoms with Crippen molar-refractivity contribution < 1.29 is 14.7 Å². The summed E-state index contributed by atoms with van der Waals surface area (Å²) in [5, 5.41) is 11.0. The van der Waals surface area contributed by atoms with Crippen molar-refractivity contribution >= 4 is 23.2 Å². The van der Waals surface area contributed by atoms with Crippen molar-refractivity contribution in [2.75, 3.05) is 7.05 Å². The van der Waals surface area contributed by atoms with E-state index in [1.165, 1.54) is 7.05 Å². The molecule has 0 unspecified atom stereocenters. The predicted octanol–water partition coefficient (Wildman–Crippen LogP) is 0.201. The van der Waals surface area contributed by atoms with Crippen molar-refractivity contribution in [2.24, 2.45) is 0 Å². The number of aromatic carboxylic acids is 1. The van der Waals surface area contributed by atoms with Crippen LogP contribution in [0.25, 0.3) is 0 Å². The quantitative estimate of drug-likeness (QED) is 0.691. The fourth-order valence-electron chi connectivity index (χ4n) is 0.585. The lowest BCUT2D eigenvalue weighted by molar-refractivity contribution is 0.0701. The second-order valence-corrected chi connectivity index (χ2v) is 2.94. The number of hydrogen-bond acceptors (Lipinski definition) is 4. The summed E-state index contributed by atoms with van der Waals surface area (Å²) in [5.41, 5.74) is 0.